The van der Waals surface area contributed by atoms with Gasteiger partial charge in [0.2, 0.25) is 5.91 Å². The number of rotatable bonds is 3. The van der Waals surface area contributed by atoms with Crippen molar-refractivity contribution in [3.63, 3.8) is 0 Å². The van der Waals surface area contributed by atoms with Crippen LogP contribution in [-0.4, -0.2) is 46.1 Å². The molecule has 1 fully saturated rings. The van der Waals surface area contributed by atoms with Crippen LogP contribution in [0.1, 0.15) is 24.6 Å². The molecule has 5 rings (SSSR count). The van der Waals surface area contributed by atoms with Crippen LogP contribution in [0.2, 0.25) is 0 Å². The molecule has 7 nitrogen and oxygen atoms in total. The number of para-hydroxylation sites is 1. The van der Waals surface area contributed by atoms with Crippen molar-refractivity contribution in [2.75, 3.05) is 7.11 Å². The Morgan fingerprint density at radius 1 is 1.41 bits per heavy atom. The van der Waals surface area contributed by atoms with E-state index in [0.717, 1.165) is 22.2 Å². The molecule has 1 aromatic heterocycles. The number of aliphatic hydroxyl groups excluding tert-OH is 1. The van der Waals surface area contributed by atoms with E-state index in [1.807, 2.05) is 24.3 Å². The van der Waals surface area contributed by atoms with E-state index < -0.39 is 18.0 Å². The number of aliphatic carboxylic acids is 1. The Labute approximate surface area is 189 Å². The van der Waals surface area contributed by atoms with Crippen molar-refractivity contribution in [2.45, 2.75) is 31.9 Å². The number of nitrogens with zero attached hydrogens (tertiary/aromatic N) is 2. The maximum absolute atomic E-state index is 12.6. The Hall–Kier alpha value is -1.93. The quantitative estimate of drug-likeness (QED) is 0.450. The van der Waals surface area contributed by atoms with E-state index in [4.69, 9.17) is 9.72 Å². The number of carbonyl (C=O) groups is 2. The van der Waals surface area contributed by atoms with Crippen LogP contribution >= 0.6 is 0 Å². The van der Waals surface area contributed by atoms with E-state index in [1.54, 1.807) is 14.0 Å². The van der Waals surface area contributed by atoms with E-state index in [1.165, 1.54) is 4.90 Å². The molecule has 1 aliphatic carbocycles. The molecule has 0 radical (unpaired) electrons. The second-order valence-corrected chi connectivity index (χ2v) is 7.67. The molecular weight excluding hydrogens is 383 g/mol. The third-order valence-electron chi connectivity index (χ3n) is 6.27. The van der Waals surface area contributed by atoms with Gasteiger partial charge in [0, 0.05) is 22.6 Å². The zero-order valence-corrected chi connectivity index (χ0v) is 18.5. The smallest absolute Gasteiger partial charge is 0.543 e. The number of aryl methyl sites for hydroxylation is 1. The van der Waals surface area contributed by atoms with Crippen molar-refractivity contribution < 1.29 is 54.1 Å². The molecular formula is C21H19N2NaO5. The molecule has 1 N–H and O–H groups in total. The zero-order valence-electron chi connectivity index (χ0n) is 16.5. The van der Waals surface area contributed by atoms with Gasteiger partial charge in [0.05, 0.1) is 36.8 Å². The minimum atomic E-state index is -1.36. The summed E-state index contributed by atoms with van der Waals surface area (Å²) in [6, 6.07) is 7.20. The summed E-state index contributed by atoms with van der Waals surface area (Å²) in [4.78, 5) is 30.6. The minimum Gasteiger partial charge on any atom is -0.543 e. The Kier molecular flexibility index (Phi) is 4.98. The summed E-state index contributed by atoms with van der Waals surface area (Å²) in [6.07, 6.45) is 0.518. The van der Waals surface area contributed by atoms with E-state index >= 15 is 0 Å². The summed E-state index contributed by atoms with van der Waals surface area (Å²) < 4.78 is 5.40. The van der Waals surface area contributed by atoms with Crippen molar-refractivity contribution in [2.24, 2.45) is 11.8 Å². The van der Waals surface area contributed by atoms with Crippen LogP contribution in [0.25, 0.3) is 16.5 Å². The first-order valence-corrected chi connectivity index (χ1v) is 9.37. The number of hydrogen-bond acceptors (Lipinski definition) is 6. The van der Waals surface area contributed by atoms with Crippen LogP contribution in [0.3, 0.4) is 0 Å². The van der Waals surface area contributed by atoms with Crippen molar-refractivity contribution in [3.05, 3.63) is 41.2 Å². The van der Waals surface area contributed by atoms with Gasteiger partial charge in [-0.25, -0.2) is 4.98 Å². The van der Waals surface area contributed by atoms with Crippen LogP contribution in [0.5, 0.6) is 5.75 Å². The van der Waals surface area contributed by atoms with Crippen molar-refractivity contribution >= 4 is 28.4 Å². The van der Waals surface area contributed by atoms with Gasteiger partial charge in [-0.2, -0.15) is 0 Å². The predicted molar refractivity (Wildman–Crippen MR) is 97.8 cm³/mol. The van der Waals surface area contributed by atoms with Crippen LogP contribution < -0.4 is 39.4 Å². The van der Waals surface area contributed by atoms with Gasteiger partial charge in [0.1, 0.15) is 11.3 Å². The van der Waals surface area contributed by atoms with Crippen LogP contribution in [-0.2, 0) is 16.0 Å². The number of carbonyl (C=O) groups excluding carboxylic acids is 2. The first-order chi connectivity index (χ1) is 13.4. The van der Waals surface area contributed by atoms with Gasteiger partial charge < -0.3 is 24.6 Å². The molecule has 4 atom stereocenters. The van der Waals surface area contributed by atoms with Crippen LogP contribution in [0, 0.1) is 11.8 Å². The fourth-order valence-corrected chi connectivity index (χ4v) is 5.13. The Balaban J connectivity index is 0.00000205. The normalized spacial score (nSPS) is 25.6. The first kappa shape index (κ1) is 20.3. The standard InChI is InChI=1S/C21H20N2O5.Na/c1-9(24)15-18-11-6-7-13-12(16(11)19(21(26)27)23(18)20(15)25)8-10-4-3-5-14(28-2)17(10)22-13;/h3-5,8-9,11,15,18,24H,6-7H2,1-2H3,(H,26,27);/q;+1/p-1/t9-,11+,15-,18-;/m1./s1. The minimum absolute atomic E-state index is 0. The number of ether oxygens (including phenoxy) is 1. The molecule has 3 heterocycles. The van der Waals surface area contributed by atoms with Gasteiger partial charge >= 0.3 is 29.6 Å². The number of amides is 1. The molecule has 2 aromatic rings. The molecule has 0 spiro atoms. The van der Waals surface area contributed by atoms with Gasteiger partial charge in [-0.1, -0.05) is 12.1 Å². The Morgan fingerprint density at radius 3 is 2.83 bits per heavy atom. The first-order valence-electron chi connectivity index (χ1n) is 9.37. The van der Waals surface area contributed by atoms with Crippen molar-refractivity contribution in [1.82, 2.24) is 9.88 Å². The fourth-order valence-electron chi connectivity index (χ4n) is 5.13. The number of aromatic nitrogens is 1. The third-order valence-corrected chi connectivity index (χ3v) is 6.27. The molecule has 1 aromatic carbocycles. The third kappa shape index (κ3) is 2.68. The number of fused-ring (bicyclic) bond motifs is 6. The topological polar surface area (TPSA) is 103 Å². The van der Waals surface area contributed by atoms with Crippen molar-refractivity contribution in [3.8, 4) is 5.75 Å². The van der Waals surface area contributed by atoms with E-state index in [0.29, 0.717) is 24.2 Å². The average molecular weight is 402 g/mol. The molecule has 29 heavy (non-hydrogen) atoms. The number of methoxy groups -OCH3 is 1. The predicted octanol–water partition coefficient (Wildman–Crippen LogP) is -2.51. The number of hydrogen-bond donors (Lipinski definition) is 1. The zero-order chi connectivity index (χ0) is 19.7. The number of pyridine rings is 1. The molecule has 1 saturated heterocycles. The number of β-lactam (4-membered cyclic amide) rings is 1. The van der Waals surface area contributed by atoms with E-state index in [2.05, 4.69) is 0 Å². The second-order valence-electron chi connectivity index (χ2n) is 7.67. The molecule has 8 heteroatoms. The van der Waals surface area contributed by atoms with Crippen LogP contribution in [0.4, 0.5) is 0 Å². The Morgan fingerprint density at radius 2 is 2.17 bits per heavy atom. The van der Waals surface area contributed by atoms with Crippen molar-refractivity contribution in [1.29, 1.82) is 0 Å². The summed E-state index contributed by atoms with van der Waals surface area (Å²) in [6.45, 7) is 1.58. The van der Waals surface area contributed by atoms with Gasteiger partial charge in [0.25, 0.3) is 0 Å². The molecule has 0 saturated carbocycles. The molecule has 0 bridgehead atoms. The maximum atomic E-state index is 12.6. The van der Waals surface area contributed by atoms with Gasteiger partial charge in [-0.3, -0.25) is 4.79 Å². The summed E-state index contributed by atoms with van der Waals surface area (Å²) in [5, 5.41) is 22.9. The molecule has 0 unspecified atom stereocenters. The Bertz CT molecular complexity index is 1080. The van der Waals surface area contributed by atoms with E-state index in [-0.39, 0.29) is 53.1 Å². The second kappa shape index (κ2) is 7.09. The number of aliphatic hydroxyl groups is 1. The number of carboxylic acid groups (broad SMARTS) is 1. The summed E-state index contributed by atoms with van der Waals surface area (Å²) in [5.41, 5.74) is 2.83. The summed E-state index contributed by atoms with van der Waals surface area (Å²) in [7, 11) is 1.59. The maximum Gasteiger partial charge on any atom is 1.00 e. The molecule has 144 valence electrons. The molecule has 2 aliphatic heterocycles. The largest absolute Gasteiger partial charge is 1.00 e. The van der Waals surface area contributed by atoms with Gasteiger partial charge in [0.15, 0.2) is 0 Å². The van der Waals surface area contributed by atoms with Gasteiger partial charge in [-0.15, -0.1) is 0 Å². The van der Waals surface area contributed by atoms with Gasteiger partial charge in [-0.05, 0) is 37.5 Å². The van der Waals surface area contributed by atoms with E-state index in [9.17, 15) is 19.8 Å². The molecule has 1 amide bonds. The van der Waals surface area contributed by atoms with Crippen LogP contribution in [0.15, 0.2) is 30.0 Å². The molecule has 3 aliphatic rings. The number of benzene rings is 1. The fraction of sp³-hybridized carbons (Fsp3) is 0.381. The average Bonchev–Trinajstić information content (AvgIpc) is 2.96. The number of carboxylic acids is 1. The SMILES string of the molecule is COc1cccc2cc3c(nc12)CC[C@H]1C3=C(C(=O)[O-])N2C(=O)[C@H]([C@@H](C)O)[C@@H]12.[Na+]. The summed E-state index contributed by atoms with van der Waals surface area (Å²) in [5.74, 6) is -1.76. The monoisotopic (exact) mass is 402 g/mol. The summed E-state index contributed by atoms with van der Waals surface area (Å²) >= 11 is 0.